The molecular formula is C26H34Cl2FN3O4S. The second kappa shape index (κ2) is 14.0. The van der Waals surface area contributed by atoms with Gasteiger partial charge in [0.2, 0.25) is 21.8 Å². The number of rotatable bonds is 13. The van der Waals surface area contributed by atoms with E-state index in [1.165, 1.54) is 29.2 Å². The van der Waals surface area contributed by atoms with Gasteiger partial charge >= 0.3 is 0 Å². The zero-order valence-corrected chi connectivity index (χ0v) is 23.8. The molecule has 0 heterocycles. The number of nitrogens with zero attached hydrogens (tertiary/aromatic N) is 2. The maximum Gasteiger partial charge on any atom is 0.242 e. The Morgan fingerprint density at radius 3 is 2.27 bits per heavy atom. The number of hydrogen-bond donors (Lipinski definition) is 1. The van der Waals surface area contributed by atoms with Crippen LogP contribution >= 0.6 is 23.2 Å². The van der Waals surface area contributed by atoms with E-state index in [9.17, 15) is 22.4 Å². The largest absolute Gasteiger partial charge is 0.354 e. The normalized spacial score (nSPS) is 12.3. The van der Waals surface area contributed by atoms with Gasteiger partial charge in [-0.15, -0.1) is 0 Å². The van der Waals surface area contributed by atoms with Crippen LogP contribution in [-0.2, 0) is 26.2 Å². The van der Waals surface area contributed by atoms with Gasteiger partial charge in [-0.05, 0) is 60.7 Å². The third-order valence-corrected chi connectivity index (χ3v) is 7.47. The minimum Gasteiger partial charge on any atom is -0.354 e. The lowest BCUT2D eigenvalue weighted by atomic mass is 10.1. The van der Waals surface area contributed by atoms with E-state index >= 15 is 0 Å². The van der Waals surface area contributed by atoms with E-state index in [4.69, 9.17) is 23.2 Å². The summed E-state index contributed by atoms with van der Waals surface area (Å²) in [5.74, 6) is -0.821. The van der Waals surface area contributed by atoms with Crippen molar-refractivity contribution < 1.29 is 22.4 Å². The monoisotopic (exact) mass is 573 g/mol. The van der Waals surface area contributed by atoms with Crippen LogP contribution in [-0.4, -0.2) is 50.5 Å². The van der Waals surface area contributed by atoms with Gasteiger partial charge in [-0.3, -0.25) is 13.9 Å². The second-order valence-corrected chi connectivity index (χ2v) is 12.0. The van der Waals surface area contributed by atoms with E-state index in [2.05, 4.69) is 5.32 Å². The summed E-state index contributed by atoms with van der Waals surface area (Å²) in [6.07, 6.45) is 1.62. The van der Waals surface area contributed by atoms with Crippen LogP contribution in [0.4, 0.5) is 10.1 Å². The van der Waals surface area contributed by atoms with E-state index < -0.39 is 21.9 Å². The summed E-state index contributed by atoms with van der Waals surface area (Å²) in [6.45, 7) is 6.36. The van der Waals surface area contributed by atoms with E-state index in [0.29, 0.717) is 34.3 Å². The molecule has 37 heavy (non-hydrogen) atoms. The van der Waals surface area contributed by atoms with Crippen molar-refractivity contribution in [3.05, 3.63) is 63.9 Å². The first kappa shape index (κ1) is 30.9. The zero-order chi connectivity index (χ0) is 27.8. The van der Waals surface area contributed by atoms with Crippen LogP contribution in [0, 0.1) is 11.7 Å². The molecule has 2 aromatic rings. The summed E-state index contributed by atoms with van der Waals surface area (Å²) in [5, 5.41) is 3.72. The lowest BCUT2D eigenvalue weighted by molar-refractivity contribution is -0.141. The lowest BCUT2D eigenvalue weighted by Crippen LogP contribution is -2.49. The molecule has 0 saturated heterocycles. The van der Waals surface area contributed by atoms with Crippen LogP contribution in [0.1, 0.15) is 45.6 Å². The Balaban J connectivity index is 2.24. The maximum absolute atomic E-state index is 13.4. The van der Waals surface area contributed by atoms with Gasteiger partial charge in [0.05, 0.1) is 11.9 Å². The van der Waals surface area contributed by atoms with Crippen molar-refractivity contribution >= 4 is 50.7 Å². The zero-order valence-electron chi connectivity index (χ0n) is 21.5. The predicted molar refractivity (Wildman–Crippen MR) is 147 cm³/mol. The van der Waals surface area contributed by atoms with Crippen molar-refractivity contribution in [1.29, 1.82) is 0 Å². The number of amides is 2. The number of carbonyl (C=O) groups excluding carboxylic acids is 2. The molecular weight excluding hydrogens is 540 g/mol. The van der Waals surface area contributed by atoms with Crippen molar-refractivity contribution in [3.8, 4) is 0 Å². The van der Waals surface area contributed by atoms with E-state index in [0.717, 1.165) is 10.6 Å². The van der Waals surface area contributed by atoms with Crippen LogP contribution < -0.4 is 9.62 Å². The molecule has 0 aliphatic rings. The summed E-state index contributed by atoms with van der Waals surface area (Å²) in [7, 11) is -3.67. The van der Waals surface area contributed by atoms with Crippen molar-refractivity contribution in [3.63, 3.8) is 0 Å². The average molecular weight is 575 g/mol. The smallest absolute Gasteiger partial charge is 0.242 e. The molecule has 204 valence electrons. The van der Waals surface area contributed by atoms with Crippen LogP contribution in [0.15, 0.2) is 42.5 Å². The van der Waals surface area contributed by atoms with Crippen molar-refractivity contribution in [2.24, 2.45) is 5.92 Å². The number of sulfonamides is 1. The van der Waals surface area contributed by atoms with Gasteiger partial charge in [-0.1, -0.05) is 50.0 Å². The highest BCUT2D eigenvalue weighted by molar-refractivity contribution is 7.92. The Morgan fingerprint density at radius 1 is 1.08 bits per heavy atom. The quantitative estimate of drug-likeness (QED) is 0.354. The molecule has 0 fully saturated rings. The van der Waals surface area contributed by atoms with E-state index in [1.807, 2.05) is 20.8 Å². The molecule has 2 rings (SSSR count). The number of nitrogens with one attached hydrogen (secondary N) is 1. The Labute approximate surface area is 229 Å². The fraction of sp³-hybridized carbons (Fsp3) is 0.462. The van der Waals surface area contributed by atoms with E-state index in [1.54, 1.807) is 18.2 Å². The van der Waals surface area contributed by atoms with Gasteiger partial charge < -0.3 is 10.2 Å². The van der Waals surface area contributed by atoms with Gasteiger partial charge in [0, 0.05) is 36.1 Å². The Bertz CT molecular complexity index is 1180. The van der Waals surface area contributed by atoms with Gasteiger partial charge in [-0.2, -0.15) is 0 Å². The summed E-state index contributed by atoms with van der Waals surface area (Å²) >= 11 is 12.4. The fourth-order valence-electron chi connectivity index (χ4n) is 3.79. The van der Waals surface area contributed by atoms with Gasteiger partial charge in [0.25, 0.3) is 0 Å². The number of carbonyl (C=O) groups is 2. The maximum atomic E-state index is 13.4. The third-order valence-electron chi connectivity index (χ3n) is 5.69. The fourth-order valence-corrected chi connectivity index (χ4v) is 5.22. The topological polar surface area (TPSA) is 86.8 Å². The van der Waals surface area contributed by atoms with Crippen molar-refractivity contribution in [2.75, 3.05) is 23.7 Å². The first-order valence-electron chi connectivity index (χ1n) is 12.1. The van der Waals surface area contributed by atoms with Gasteiger partial charge in [0.1, 0.15) is 11.9 Å². The van der Waals surface area contributed by atoms with Crippen LogP contribution in [0.2, 0.25) is 10.0 Å². The highest BCUT2D eigenvalue weighted by atomic mass is 35.5. The van der Waals surface area contributed by atoms with Gasteiger partial charge in [0.15, 0.2) is 0 Å². The molecule has 2 aromatic carbocycles. The predicted octanol–water partition coefficient (Wildman–Crippen LogP) is 5.26. The molecule has 1 N–H and O–H groups in total. The highest BCUT2D eigenvalue weighted by Crippen LogP contribution is 2.25. The van der Waals surface area contributed by atoms with Crippen LogP contribution in [0.25, 0.3) is 0 Å². The standard InChI is InChI=1S/C26H34Cl2FN3O4S/c1-5-24(26(34)30-16-18(2)3)31(17-19-8-9-20(27)15-23(19)28)25(33)7-6-14-32(37(4,35)36)22-12-10-21(29)11-13-22/h8-13,15,18,24H,5-7,14,16-17H2,1-4H3,(H,30,34)/t24-/m1/s1. The molecule has 0 unspecified atom stereocenters. The minimum atomic E-state index is -3.67. The first-order valence-corrected chi connectivity index (χ1v) is 14.7. The molecule has 11 heteroatoms. The molecule has 0 aromatic heterocycles. The van der Waals surface area contributed by atoms with E-state index in [-0.39, 0.29) is 43.7 Å². The van der Waals surface area contributed by atoms with Gasteiger partial charge in [-0.25, -0.2) is 12.8 Å². The number of anilines is 1. The second-order valence-electron chi connectivity index (χ2n) is 9.24. The summed E-state index contributed by atoms with van der Waals surface area (Å²) in [4.78, 5) is 27.9. The molecule has 0 radical (unpaired) electrons. The average Bonchev–Trinajstić information content (AvgIpc) is 2.81. The Kier molecular flexibility index (Phi) is 11.7. The Hall–Kier alpha value is -2.36. The molecule has 0 spiro atoms. The molecule has 0 saturated carbocycles. The van der Waals surface area contributed by atoms with Crippen molar-refractivity contribution in [2.45, 2.75) is 52.6 Å². The molecule has 7 nitrogen and oxygen atoms in total. The number of halogens is 3. The molecule has 0 aliphatic heterocycles. The third kappa shape index (κ3) is 9.47. The van der Waals surface area contributed by atoms with Crippen molar-refractivity contribution in [1.82, 2.24) is 10.2 Å². The Morgan fingerprint density at radius 2 is 1.73 bits per heavy atom. The first-order chi connectivity index (χ1) is 17.3. The lowest BCUT2D eigenvalue weighted by Gasteiger charge is -2.31. The van der Waals surface area contributed by atoms with Crippen LogP contribution in [0.3, 0.4) is 0 Å². The number of hydrogen-bond acceptors (Lipinski definition) is 4. The summed E-state index contributed by atoms with van der Waals surface area (Å²) < 4.78 is 39.2. The van der Waals surface area contributed by atoms with Crippen LogP contribution in [0.5, 0.6) is 0 Å². The molecule has 2 amide bonds. The number of benzene rings is 2. The SMILES string of the molecule is CC[C@H](C(=O)NCC(C)C)N(Cc1ccc(Cl)cc1Cl)C(=O)CCCN(c1ccc(F)cc1)S(C)(=O)=O. The molecule has 1 atom stereocenters. The summed E-state index contributed by atoms with van der Waals surface area (Å²) in [6, 6.07) is 9.32. The molecule has 0 bridgehead atoms. The molecule has 0 aliphatic carbocycles. The highest BCUT2D eigenvalue weighted by Gasteiger charge is 2.29. The minimum absolute atomic E-state index is 0.00756. The summed E-state index contributed by atoms with van der Waals surface area (Å²) in [5.41, 5.74) is 0.944.